The summed E-state index contributed by atoms with van der Waals surface area (Å²) in [5.74, 6) is -3.49. The lowest BCUT2D eigenvalue weighted by Crippen LogP contribution is -2.65. The molecular weight excluding hydrogens is 616 g/mol. The number of aromatic hydroxyl groups is 4. The second-order valence-corrected chi connectivity index (χ2v) is 10.8. The molecular formula is C30H36O16. The van der Waals surface area contributed by atoms with E-state index in [-0.39, 0.29) is 24.3 Å². The van der Waals surface area contributed by atoms with Gasteiger partial charge in [0.25, 0.3) is 0 Å². The normalized spacial score (nSPS) is 31.4. The highest BCUT2D eigenvalue weighted by atomic mass is 16.7. The standard InChI is InChI=1S/C30H36O16/c1-13-23(38)24(39)25(40)29(42-13)46-28-26(41)30(45-22(37)9-5-15-3-7-17(33)19(35)11-15)43-20(12-31)27(28)44-21(36)8-4-14-2-6-16(32)18(34)10-14/h2-4,6-8,10-11,13,20,23-35,38-41H,5,9,12H2,1H3. The van der Waals surface area contributed by atoms with Crippen LogP contribution >= 0.6 is 0 Å². The minimum Gasteiger partial charge on any atom is -0.504 e. The van der Waals surface area contributed by atoms with Crippen molar-refractivity contribution in [3.05, 3.63) is 53.6 Å². The van der Waals surface area contributed by atoms with Gasteiger partial charge >= 0.3 is 11.9 Å². The van der Waals surface area contributed by atoms with Crippen molar-refractivity contribution >= 4 is 18.0 Å². The zero-order valence-electron chi connectivity index (χ0n) is 24.4. The van der Waals surface area contributed by atoms with E-state index in [0.29, 0.717) is 11.1 Å². The maximum atomic E-state index is 12.8. The van der Waals surface area contributed by atoms with Crippen molar-refractivity contribution in [3.63, 3.8) is 0 Å². The van der Waals surface area contributed by atoms with Crippen LogP contribution in [0.25, 0.3) is 6.08 Å². The molecule has 2 aromatic carbocycles. The average Bonchev–Trinajstić information content (AvgIpc) is 3.02. The van der Waals surface area contributed by atoms with Crippen molar-refractivity contribution < 1.29 is 79.2 Å². The first-order chi connectivity index (χ1) is 21.8. The van der Waals surface area contributed by atoms with Crippen LogP contribution in [0.15, 0.2) is 42.5 Å². The number of aliphatic hydroxyl groups excluding tert-OH is 5. The molecule has 2 aliphatic rings. The van der Waals surface area contributed by atoms with Gasteiger partial charge in [-0.05, 0) is 54.8 Å². The van der Waals surface area contributed by atoms with Gasteiger partial charge in [0.2, 0.25) is 6.29 Å². The van der Waals surface area contributed by atoms with Crippen LogP contribution in [-0.4, -0.2) is 126 Å². The van der Waals surface area contributed by atoms with Crippen LogP contribution in [-0.2, 0) is 39.7 Å². The van der Waals surface area contributed by atoms with Gasteiger partial charge in [-0.15, -0.1) is 0 Å². The van der Waals surface area contributed by atoms with E-state index in [2.05, 4.69) is 0 Å². The quantitative estimate of drug-likeness (QED) is 0.0838. The lowest BCUT2D eigenvalue weighted by Gasteiger charge is -2.46. The average molecular weight is 653 g/mol. The zero-order chi connectivity index (χ0) is 33.7. The van der Waals surface area contributed by atoms with Crippen LogP contribution in [0.5, 0.6) is 23.0 Å². The molecule has 0 spiro atoms. The highest BCUT2D eigenvalue weighted by molar-refractivity contribution is 5.87. The maximum Gasteiger partial charge on any atom is 0.331 e. The van der Waals surface area contributed by atoms with Crippen molar-refractivity contribution in [2.45, 2.75) is 81.2 Å². The Morgan fingerprint density at radius 3 is 2.11 bits per heavy atom. The van der Waals surface area contributed by atoms with E-state index in [1.165, 1.54) is 49.4 Å². The summed E-state index contributed by atoms with van der Waals surface area (Å²) in [5.41, 5.74) is 0.779. The fourth-order valence-corrected chi connectivity index (χ4v) is 4.86. The van der Waals surface area contributed by atoms with Crippen LogP contribution < -0.4 is 0 Å². The van der Waals surface area contributed by atoms with Gasteiger partial charge < -0.3 is 69.6 Å². The predicted octanol–water partition coefficient (Wildman–Crippen LogP) is -1.10. The van der Waals surface area contributed by atoms with Crippen LogP contribution in [0.3, 0.4) is 0 Å². The lowest BCUT2D eigenvalue weighted by atomic mass is 9.97. The molecule has 2 fully saturated rings. The van der Waals surface area contributed by atoms with E-state index in [4.69, 9.17) is 23.7 Å². The van der Waals surface area contributed by atoms with Gasteiger partial charge in [0, 0.05) is 12.5 Å². The number of esters is 2. The molecule has 0 aliphatic carbocycles. The number of benzene rings is 2. The molecule has 9 N–H and O–H groups in total. The molecule has 2 heterocycles. The van der Waals surface area contributed by atoms with Crippen LogP contribution in [0.4, 0.5) is 0 Å². The van der Waals surface area contributed by atoms with E-state index < -0.39 is 91.5 Å². The lowest BCUT2D eigenvalue weighted by molar-refractivity contribution is -0.353. The van der Waals surface area contributed by atoms with Gasteiger partial charge in [0.15, 0.2) is 35.4 Å². The summed E-state index contributed by atoms with van der Waals surface area (Å²) < 4.78 is 27.5. The Bertz CT molecular complexity index is 1400. The number of hydrogen-bond donors (Lipinski definition) is 9. The van der Waals surface area contributed by atoms with Crippen molar-refractivity contribution in [2.24, 2.45) is 0 Å². The number of carbonyl (C=O) groups excluding carboxylic acids is 2. The Hall–Kier alpha value is -4.00. The summed E-state index contributed by atoms with van der Waals surface area (Å²) in [4.78, 5) is 25.5. The van der Waals surface area contributed by atoms with E-state index in [1.54, 1.807) is 0 Å². The molecule has 2 aliphatic heterocycles. The molecule has 252 valence electrons. The topological polar surface area (TPSA) is 262 Å². The van der Waals surface area contributed by atoms with E-state index in [1.807, 2.05) is 0 Å². The second-order valence-electron chi connectivity index (χ2n) is 10.8. The minimum absolute atomic E-state index is 0.0600. The fourth-order valence-electron chi connectivity index (χ4n) is 4.86. The number of phenolic OH excluding ortho intramolecular Hbond substituents is 4. The SMILES string of the molecule is CC1OC(OC2C(O)C(OC(=O)CCc3ccc(O)c(O)c3)OC(CO)C2OC(=O)C=Cc2ccc(O)c(O)c2)C(O)C(O)C1O. The Morgan fingerprint density at radius 2 is 1.46 bits per heavy atom. The number of aliphatic hydroxyl groups is 5. The molecule has 2 aromatic rings. The molecule has 0 aromatic heterocycles. The third-order valence-corrected chi connectivity index (χ3v) is 7.46. The smallest absolute Gasteiger partial charge is 0.331 e. The van der Waals surface area contributed by atoms with E-state index in [9.17, 15) is 55.5 Å². The number of phenols is 4. The van der Waals surface area contributed by atoms with Gasteiger partial charge in [-0.25, -0.2) is 4.79 Å². The van der Waals surface area contributed by atoms with Crippen molar-refractivity contribution in [3.8, 4) is 23.0 Å². The molecule has 0 saturated carbocycles. The molecule has 10 atom stereocenters. The minimum atomic E-state index is -1.92. The largest absolute Gasteiger partial charge is 0.504 e. The summed E-state index contributed by atoms with van der Waals surface area (Å²) in [6.45, 7) is 0.543. The number of hydrogen-bond acceptors (Lipinski definition) is 16. The zero-order valence-corrected chi connectivity index (χ0v) is 24.4. The molecule has 46 heavy (non-hydrogen) atoms. The highest BCUT2D eigenvalue weighted by Gasteiger charge is 2.53. The molecule has 0 radical (unpaired) electrons. The summed E-state index contributed by atoms with van der Waals surface area (Å²) in [5, 5.41) is 90.4. The summed E-state index contributed by atoms with van der Waals surface area (Å²) >= 11 is 0. The summed E-state index contributed by atoms with van der Waals surface area (Å²) in [6.07, 6.45) is -14.3. The Labute approximate surface area is 261 Å². The monoisotopic (exact) mass is 652 g/mol. The molecule has 0 amide bonds. The molecule has 4 rings (SSSR count). The third-order valence-electron chi connectivity index (χ3n) is 7.46. The maximum absolute atomic E-state index is 12.8. The van der Waals surface area contributed by atoms with Crippen LogP contribution in [0, 0.1) is 0 Å². The van der Waals surface area contributed by atoms with Crippen molar-refractivity contribution in [1.82, 2.24) is 0 Å². The molecule has 16 nitrogen and oxygen atoms in total. The first-order valence-corrected chi connectivity index (χ1v) is 14.2. The first-order valence-electron chi connectivity index (χ1n) is 14.2. The van der Waals surface area contributed by atoms with E-state index in [0.717, 1.165) is 6.08 Å². The predicted molar refractivity (Wildman–Crippen MR) is 152 cm³/mol. The van der Waals surface area contributed by atoms with Gasteiger partial charge in [-0.3, -0.25) is 4.79 Å². The Balaban J connectivity index is 1.52. The van der Waals surface area contributed by atoms with Gasteiger partial charge in [0.1, 0.15) is 36.6 Å². The van der Waals surface area contributed by atoms with Gasteiger partial charge in [0.05, 0.1) is 12.7 Å². The van der Waals surface area contributed by atoms with Gasteiger partial charge in [-0.2, -0.15) is 0 Å². The van der Waals surface area contributed by atoms with Crippen LogP contribution in [0.2, 0.25) is 0 Å². The molecule has 0 bridgehead atoms. The number of ether oxygens (including phenoxy) is 5. The molecule has 10 unspecified atom stereocenters. The first kappa shape index (κ1) is 34.9. The molecule has 2 saturated heterocycles. The van der Waals surface area contributed by atoms with E-state index >= 15 is 0 Å². The number of carbonyl (C=O) groups is 2. The second kappa shape index (κ2) is 15.1. The highest BCUT2D eigenvalue weighted by Crippen LogP contribution is 2.32. The molecule has 16 heteroatoms. The van der Waals surface area contributed by atoms with Gasteiger partial charge in [-0.1, -0.05) is 12.1 Å². The van der Waals surface area contributed by atoms with Crippen LogP contribution in [0.1, 0.15) is 24.5 Å². The number of rotatable bonds is 10. The third kappa shape index (κ3) is 8.23. The van der Waals surface area contributed by atoms with Crippen molar-refractivity contribution in [2.75, 3.05) is 6.61 Å². The number of aryl methyl sites for hydroxylation is 1. The Kier molecular flexibility index (Phi) is 11.4. The summed E-state index contributed by atoms with van der Waals surface area (Å²) in [6, 6.07) is 7.71. The van der Waals surface area contributed by atoms with Crippen molar-refractivity contribution in [1.29, 1.82) is 0 Å². The summed E-state index contributed by atoms with van der Waals surface area (Å²) in [7, 11) is 0. The Morgan fingerprint density at radius 1 is 0.783 bits per heavy atom. The fraction of sp³-hybridized carbons (Fsp3) is 0.467.